The minimum absolute atomic E-state index is 0.0636. The second-order valence-electron chi connectivity index (χ2n) is 8.19. The Balaban J connectivity index is 3.77. The van der Waals surface area contributed by atoms with Gasteiger partial charge in [0.05, 0.1) is 0 Å². The largest absolute Gasteiger partial charge is 0.478 e. The maximum absolute atomic E-state index is 11.9. The highest BCUT2D eigenvalue weighted by molar-refractivity contribution is 6.09. The fourth-order valence-electron chi connectivity index (χ4n) is 3.22. The average Bonchev–Trinajstić information content (AvgIpc) is 2.69. The molecule has 2 N–H and O–H groups in total. The molecule has 0 bridgehead atoms. The van der Waals surface area contributed by atoms with E-state index < -0.39 is 29.4 Å². The van der Waals surface area contributed by atoms with E-state index in [1.165, 1.54) is 44.9 Å². The van der Waals surface area contributed by atoms with Crippen LogP contribution in [0.4, 0.5) is 0 Å². The number of carbonyl (C=O) groups excluding carboxylic acids is 2. The van der Waals surface area contributed by atoms with Crippen molar-refractivity contribution in [1.82, 2.24) is 0 Å². The van der Waals surface area contributed by atoms with Gasteiger partial charge in [0.25, 0.3) is 5.60 Å². The number of carboxylic acids is 1. The summed E-state index contributed by atoms with van der Waals surface area (Å²) in [6, 6.07) is 0. The highest BCUT2D eigenvalue weighted by Gasteiger charge is 2.46. The Bertz CT molecular complexity index is 526. The molecule has 2 atom stereocenters. The zero-order chi connectivity index (χ0) is 22.8. The number of aliphatic hydroxyl groups is 1. The first kappa shape index (κ1) is 28.3. The van der Waals surface area contributed by atoms with E-state index in [2.05, 4.69) is 19.1 Å². The smallest absolute Gasteiger partial charge is 0.355 e. The summed E-state index contributed by atoms with van der Waals surface area (Å²) in [5.74, 6) is -3.34. The summed E-state index contributed by atoms with van der Waals surface area (Å²) >= 11 is 0. The maximum Gasteiger partial charge on any atom is 0.355 e. The van der Waals surface area contributed by atoms with Crippen molar-refractivity contribution < 1.29 is 29.3 Å². The number of aliphatic hydroxyl groups excluding tert-OH is 1. The first-order valence-corrected chi connectivity index (χ1v) is 11.6. The predicted molar refractivity (Wildman–Crippen MR) is 118 cm³/mol. The second kappa shape index (κ2) is 17.0. The molecule has 0 aromatic rings. The molecule has 0 heterocycles. The molecule has 174 valence electrons. The van der Waals surface area contributed by atoms with Gasteiger partial charge in [-0.15, -0.1) is 0 Å². The molecule has 30 heavy (non-hydrogen) atoms. The van der Waals surface area contributed by atoms with Gasteiger partial charge in [0.2, 0.25) is 5.78 Å². The van der Waals surface area contributed by atoms with Crippen LogP contribution in [-0.4, -0.2) is 39.6 Å². The molecule has 0 aliphatic rings. The molecule has 0 saturated carbocycles. The number of hydrogen-bond donors (Lipinski definition) is 2. The molecule has 0 aromatic carbocycles. The van der Waals surface area contributed by atoms with Crippen LogP contribution >= 0.6 is 0 Å². The van der Waals surface area contributed by atoms with Gasteiger partial charge in [0, 0.05) is 6.42 Å². The minimum Gasteiger partial charge on any atom is -0.478 e. The standard InChI is InChI=1S/C24H42O6/c1-4-5-6-7-8-9-10-11-12-13-14-15-16-17-18-19-21(26)30-24(3,23(28)29)22(27)20(2)25/h11-12,20,25H,4-10,13-19H2,1-3H3,(H,28,29). The molecule has 0 aliphatic carbocycles. The summed E-state index contributed by atoms with van der Waals surface area (Å²) in [6.07, 6.45) is 17.9. The van der Waals surface area contributed by atoms with Gasteiger partial charge in [0.1, 0.15) is 6.10 Å². The van der Waals surface area contributed by atoms with E-state index in [0.29, 0.717) is 6.42 Å². The Morgan fingerprint density at radius 2 is 1.33 bits per heavy atom. The van der Waals surface area contributed by atoms with Gasteiger partial charge >= 0.3 is 11.9 Å². The molecule has 0 amide bonds. The number of unbranched alkanes of at least 4 members (excludes halogenated alkanes) is 11. The van der Waals surface area contributed by atoms with Crippen molar-refractivity contribution >= 4 is 17.7 Å². The SMILES string of the molecule is CCCCCCCCC=CCCCCCCCC(=O)OC(C)(C(=O)O)C(=O)C(C)O. The monoisotopic (exact) mass is 426 g/mol. The number of allylic oxidation sites excluding steroid dienone is 2. The van der Waals surface area contributed by atoms with Crippen LogP contribution in [0.2, 0.25) is 0 Å². The molecule has 0 rings (SSSR count). The van der Waals surface area contributed by atoms with E-state index >= 15 is 0 Å². The Hall–Kier alpha value is -1.69. The van der Waals surface area contributed by atoms with E-state index in [-0.39, 0.29) is 6.42 Å². The van der Waals surface area contributed by atoms with Crippen LogP contribution in [-0.2, 0) is 19.1 Å². The second-order valence-corrected chi connectivity index (χ2v) is 8.19. The van der Waals surface area contributed by atoms with Crippen LogP contribution in [0, 0.1) is 0 Å². The van der Waals surface area contributed by atoms with Crippen LogP contribution < -0.4 is 0 Å². The van der Waals surface area contributed by atoms with Crippen LogP contribution in [0.15, 0.2) is 12.2 Å². The third-order valence-corrected chi connectivity index (χ3v) is 5.22. The van der Waals surface area contributed by atoms with Crippen LogP contribution in [0.5, 0.6) is 0 Å². The van der Waals surface area contributed by atoms with Crippen LogP contribution in [0.25, 0.3) is 0 Å². The highest BCUT2D eigenvalue weighted by atomic mass is 16.6. The summed E-state index contributed by atoms with van der Waals surface area (Å²) in [4.78, 5) is 35.0. The van der Waals surface area contributed by atoms with Gasteiger partial charge in [0.15, 0.2) is 0 Å². The fraction of sp³-hybridized carbons (Fsp3) is 0.792. The molecule has 0 fully saturated rings. The van der Waals surface area contributed by atoms with E-state index in [4.69, 9.17) is 4.74 Å². The zero-order valence-corrected chi connectivity index (χ0v) is 19.2. The summed E-state index contributed by atoms with van der Waals surface area (Å²) in [6.45, 7) is 4.39. The molecule has 2 unspecified atom stereocenters. The zero-order valence-electron chi connectivity index (χ0n) is 19.2. The van der Waals surface area contributed by atoms with Crippen molar-refractivity contribution in [3.8, 4) is 0 Å². The summed E-state index contributed by atoms with van der Waals surface area (Å²) in [7, 11) is 0. The van der Waals surface area contributed by atoms with Gasteiger partial charge < -0.3 is 14.9 Å². The quantitative estimate of drug-likeness (QED) is 0.125. The molecule has 0 radical (unpaired) electrons. The number of rotatable bonds is 19. The lowest BCUT2D eigenvalue weighted by atomic mass is 9.97. The normalized spacial score (nSPS) is 14.4. The lowest BCUT2D eigenvalue weighted by molar-refractivity contribution is -0.183. The van der Waals surface area contributed by atoms with E-state index in [1.54, 1.807) is 0 Å². The van der Waals surface area contributed by atoms with Crippen molar-refractivity contribution in [2.75, 3.05) is 0 Å². The van der Waals surface area contributed by atoms with Crippen molar-refractivity contribution in [2.24, 2.45) is 0 Å². The summed E-state index contributed by atoms with van der Waals surface area (Å²) in [5.41, 5.74) is -2.34. The van der Waals surface area contributed by atoms with E-state index in [9.17, 15) is 24.6 Å². The third kappa shape index (κ3) is 12.8. The Labute approximate surface area is 182 Å². The number of aliphatic carboxylic acids is 1. The number of ether oxygens (including phenoxy) is 1. The lowest BCUT2D eigenvalue weighted by Gasteiger charge is -2.24. The van der Waals surface area contributed by atoms with Gasteiger partial charge in [-0.1, -0.05) is 70.4 Å². The molecule has 0 aromatic heterocycles. The number of Topliss-reactive ketones (excluding diaryl/α,β-unsaturated/α-hetero) is 1. The van der Waals surface area contributed by atoms with Crippen molar-refractivity contribution in [1.29, 1.82) is 0 Å². The summed E-state index contributed by atoms with van der Waals surface area (Å²) in [5, 5.41) is 18.5. The topological polar surface area (TPSA) is 101 Å². The van der Waals surface area contributed by atoms with Crippen molar-refractivity contribution in [3.05, 3.63) is 12.2 Å². The van der Waals surface area contributed by atoms with Gasteiger partial charge in [-0.3, -0.25) is 9.59 Å². The maximum atomic E-state index is 11.9. The van der Waals surface area contributed by atoms with Crippen molar-refractivity contribution in [2.45, 2.75) is 122 Å². The molecule has 6 heteroatoms. The first-order chi connectivity index (χ1) is 14.3. The molecular formula is C24H42O6. The van der Waals surface area contributed by atoms with E-state index in [0.717, 1.165) is 46.0 Å². The Kier molecular flexibility index (Phi) is 16.1. The number of carboxylic acid groups (broad SMARTS) is 1. The van der Waals surface area contributed by atoms with Gasteiger partial charge in [-0.25, -0.2) is 4.79 Å². The predicted octanol–water partition coefficient (Wildman–Crippen LogP) is 5.36. The molecule has 0 aliphatic heterocycles. The van der Waals surface area contributed by atoms with Gasteiger partial charge in [-0.2, -0.15) is 0 Å². The number of esters is 1. The van der Waals surface area contributed by atoms with E-state index in [1.807, 2.05) is 0 Å². The summed E-state index contributed by atoms with van der Waals surface area (Å²) < 4.78 is 4.88. The molecular weight excluding hydrogens is 384 g/mol. The molecule has 0 saturated heterocycles. The fourth-order valence-corrected chi connectivity index (χ4v) is 3.22. The minimum atomic E-state index is -2.34. The average molecular weight is 427 g/mol. The lowest BCUT2D eigenvalue weighted by Crippen LogP contribution is -2.51. The third-order valence-electron chi connectivity index (χ3n) is 5.22. The first-order valence-electron chi connectivity index (χ1n) is 11.6. The number of ketones is 1. The Morgan fingerprint density at radius 1 is 0.867 bits per heavy atom. The number of carbonyl (C=O) groups is 3. The number of hydrogen-bond acceptors (Lipinski definition) is 5. The molecule has 0 spiro atoms. The van der Waals surface area contributed by atoms with Crippen LogP contribution in [0.1, 0.15) is 111 Å². The highest BCUT2D eigenvalue weighted by Crippen LogP contribution is 2.17. The van der Waals surface area contributed by atoms with Gasteiger partial charge in [-0.05, 0) is 46.0 Å². The Morgan fingerprint density at radius 3 is 1.80 bits per heavy atom. The van der Waals surface area contributed by atoms with Crippen LogP contribution in [0.3, 0.4) is 0 Å². The molecule has 6 nitrogen and oxygen atoms in total. The van der Waals surface area contributed by atoms with Crippen molar-refractivity contribution in [3.63, 3.8) is 0 Å².